The third-order valence-corrected chi connectivity index (χ3v) is 3.85. The molecule has 0 spiro atoms. The maximum absolute atomic E-state index is 12.0. The van der Waals surface area contributed by atoms with Crippen molar-refractivity contribution in [1.29, 1.82) is 0 Å². The van der Waals surface area contributed by atoms with Gasteiger partial charge in [0.1, 0.15) is 0 Å². The number of aromatic nitrogens is 1. The van der Waals surface area contributed by atoms with Gasteiger partial charge in [0.2, 0.25) is 0 Å². The molecule has 0 bridgehead atoms. The number of hydrogen-bond acceptors (Lipinski definition) is 4. The molecule has 0 saturated carbocycles. The zero-order chi connectivity index (χ0) is 13.9. The van der Waals surface area contributed by atoms with E-state index in [0.717, 1.165) is 11.8 Å². The third-order valence-electron chi connectivity index (χ3n) is 2.72. The quantitative estimate of drug-likeness (QED) is 0.800. The molecule has 0 fully saturated rings. The lowest BCUT2D eigenvalue weighted by molar-refractivity contribution is 0.0993. The van der Waals surface area contributed by atoms with Crippen LogP contribution in [0, 0.1) is 0 Å². The first-order valence-electron chi connectivity index (χ1n) is 5.69. The lowest BCUT2D eigenvalue weighted by atomic mass is 10.0. The van der Waals surface area contributed by atoms with Gasteiger partial charge in [-0.1, -0.05) is 12.1 Å². The Morgan fingerprint density at radius 1 is 1.05 bits per heavy atom. The molecule has 4 nitrogen and oxygen atoms in total. The number of ketones is 1. The molecule has 1 heterocycles. The van der Waals surface area contributed by atoms with Gasteiger partial charge >= 0.3 is 0 Å². The molecule has 2 rings (SSSR count). The second kappa shape index (κ2) is 5.32. The monoisotopic (exact) mass is 275 g/mol. The van der Waals surface area contributed by atoms with E-state index in [1.54, 1.807) is 36.7 Å². The van der Waals surface area contributed by atoms with Crippen molar-refractivity contribution in [3.8, 4) is 0 Å². The maximum atomic E-state index is 12.0. The fraction of sp³-hybridized carbons (Fsp3) is 0.143. The Balaban J connectivity index is 2.17. The van der Waals surface area contributed by atoms with Crippen LogP contribution in [0.3, 0.4) is 0 Å². The smallest absolute Gasteiger partial charge is 0.175 e. The summed E-state index contributed by atoms with van der Waals surface area (Å²) in [6.07, 6.45) is 4.69. The topological polar surface area (TPSA) is 64.1 Å². The highest BCUT2D eigenvalue weighted by Gasteiger charge is 2.10. The largest absolute Gasteiger partial charge is 0.294 e. The fourth-order valence-electron chi connectivity index (χ4n) is 1.68. The molecule has 0 unspecified atom stereocenters. The molecule has 1 aromatic heterocycles. The molecule has 1 aromatic carbocycles. The zero-order valence-corrected chi connectivity index (χ0v) is 11.2. The van der Waals surface area contributed by atoms with Gasteiger partial charge in [0, 0.05) is 30.6 Å². The van der Waals surface area contributed by atoms with Gasteiger partial charge in [-0.25, -0.2) is 8.42 Å². The van der Waals surface area contributed by atoms with E-state index in [4.69, 9.17) is 0 Å². The molecular weight excluding hydrogens is 262 g/mol. The number of carbonyl (C=O) groups excluding carboxylic acids is 1. The average Bonchev–Trinajstić information content (AvgIpc) is 2.39. The Hall–Kier alpha value is -2.01. The first-order chi connectivity index (χ1) is 8.97. The molecule has 98 valence electrons. The van der Waals surface area contributed by atoms with Gasteiger partial charge in [-0.15, -0.1) is 0 Å². The summed E-state index contributed by atoms with van der Waals surface area (Å²) in [5, 5.41) is 0. The molecular formula is C14H13NO3S. The van der Waals surface area contributed by atoms with E-state index in [1.165, 1.54) is 12.1 Å². The van der Waals surface area contributed by atoms with Crippen molar-refractivity contribution in [3.05, 3.63) is 59.9 Å². The van der Waals surface area contributed by atoms with Gasteiger partial charge in [0.15, 0.2) is 15.6 Å². The van der Waals surface area contributed by atoms with Crippen LogP contribution < -0.4 is 0 Å². The molecule has 0 aliphatic carbocycles. The summed E-state index contributed by atoms with van der Waals surface area (Å²) in [6, 6.07) is 9.55. The van der Waals surface area contributed by atoms with Crippen LogP contribution in [0.1, 0.15) is 15.9 Å². The number of carbonyl (C=O) groups is 1. The molecule has 0 amide bonds. The Labute approximate surface area is 112 Å². The molecule has 5 heteroatoms. The van der Waals surface area contributed by atoms with Crippen LogP contribution in [-0.2, 0) is 16.3 Å². The molecule has 0 radical (unpaired) electrons. The van der Waals surface area contributed by atoms with E-state index < -0.39 is 9.84 Å². The summed E-state index contributed by atoms with van der Waals surface area (Å²) in [4.78, 5) is 16.1. The molecule has 2 aromatic rings. The zero-order valence-electron chi connectivity index (χ0n) is 10.4. The number of sulfone groups is 1. The summed E-state index contributed by atoms with van der Waals surface area (Å²) in [5.74, 6) is -0.0498. The first-order valence-corrected chi connectivity index (χ1v) is 7.58. The van der Waals surface area contributed by atoms with Crippen molar-refractivity contribution in [2.24, 2.45) is 0 Å². The normalized spacial score (nSPS) is 11.2. The Kier molecular flexibility index (Phi) is 3.76. The number of benzene rings is 1. The van der Waals surface area contributed by atoms with Crippen molar-refractivity contribution in [3.63, 3.8) is 0 Å². The predicted molar refractivity (Wildman–Crippen MR) is 71.8 cm³/mol. The van der Waals surface area contributed by atoms with Crippen LogP contribution in [0.25, 0.3) is 0 Å². The first kappa shape index (κ1) is 13.4. The highest BCUT2D eigenvalue weighted by atomic mass is 32.2. The Morgan fingerprint density at radius 2 is 1.63 bits per heavy atom. The number of hydrogen-bond donors (Lipinski definition) is 0. The van der Waals surface area contributed by atoms with E-state index in [0.29, 0.717) is 5.56 Å². The summed E-state index contributed by atoms with van der Waals surface area (Å²) >= 11 is 0. The van der Waals surface area contributed by atoms with Gasteiger partial charge in [-0.05, 0) is 29.8 Å². The van der Waals surface area contributed by atoms with Gasteiger partial charge < -0.3 is 0 Å². The van der Waals surface area contributed by atoms with Crippen molar-refractivity contribution < 1.29 is 13.2 Å². The SMILES string of the molecule is CS(=O)(=O)c1ccc(C(=O)Cc2ccncc2)cc1. The molecule has 0 atom stereocenters. The summed E-state index contributed by atoms with van der Waals surface area (Å²) in [5.41, 5.74) is 1.39. The summed E-state index contributed by atoms with van der Waals surface area (Å²) in [7, 11) is -3.22. The molecule has 0 aliphatic rings. The van der Waals surface area contributed by atoms with E-state index in [9.17, 15) is 13.2 Å². The lowest BCUT2D eigenvalue weighted by Gasteiger charge is -2.03. The molecule has 19 heavy (non-hydrogen) atoms. The van der Waals surface area contributed by atoms with Crippen molar-refractivity contribution in [2.75, 3.05) is 6.26 Å². The van der Waals surface area contributed by atoms with Crippen LogP contribution in [0.2, 0.25) is 0 Å². The third kappa shape index (κ3) is 3.48. The van der Waals surface area contributed by atoms with E-state index in [1.807, 2.05) is 0 Å². The molecule has 0 saturated heterocycles. The Morgan fingerprint density at radius 3 is 2.16 bits per heavy atom. The second-order valence-electron chi connectivity index (χ2n) is 4.25. The maximum Gasteiger partial charge on any atom is 0.175 e. The van der Waals surface area contributed by atoms with Crippen molar-refractivity contribution in [1.82, 2.24) is 4.98 Å². The van der Waals surface area contributed by atoms with Crippen LogP contribution in [0.5, 0.6) is 0 Å². The van der Waals surface area contributed by atoms with Crippen molar-refractivity contribution >= 4 is 15.6 Å². The highest BCUT2D eigenvalue weighted by molar-refractivity contribution is 7.90. The Bertz CT molecular complexity index is 676. The van der Waals surface area contributed by atoms with Crippen LogP contribution >= 0.6 is 0 Å². The van der Waals surface area contributed by atoms with Crippen LogP contribution in [-0.4, -0.2) is 25.4 Å². The summed E-state index contributed by atoms with van der Waals surface area (Å²) in [6.45, 7) is 0. The van der Waals surface area contributed by atoms with Crippen LogP contribution in [0.4, 0.5) is 0 Å². The number of rotatable bonds is 4. The van der Waals surface area contributed by atoms with E-state index in [2.05, 4.69) is 4.98 Å². The summed E-state index contributed by atoms with van der Waals surface area (Å²) < 4.78 is 22.6. The minimum Gasteiger partial charge on any atom is -0.294 e. The van der Waals surface area contributed by atoms with Gasteiger partial charge in [0.05, 0.1) is 4.90 Å². The fourth-order valence-corrected chi connectivity index (χ4v) is 2.31. The number of nitrogens with zero attached hydrogens (tertiary/aromatic N) is 1. The molecule has 0 aliphatic heterocycles. The average molecular weight is 275 g/mol. The minimum atomic E-state index is -3.22. The standard InChI is InChI=1S/C14H13NO3S/c1-19(17,18)13-4-2-12(3-5-13)14(16)10-11-6-8-15-9-7-11/h2-9H,10H2,1H3. The minimum absolute atomic E-state index is 0.0498. The van der Waals surface area contributed by atoms with Crippen LogP contribution in [0.15, 0.2) is 53.7 Å². The van der Waals surface area contributed by atoms with Crippen molar-refractivity contribution in [2.45, 2.75) is 11.3 Å². The van der Waals surface area contributed by atoms with Gasteiger partial charge in [-0.3, -0.25) is 9.78 Å². The highest BCUT2D eigenvalue weighted by Crippen LogP contribution is 2.12. The number of pyridine rings is 1. The van der Waals surface area contributed by atoms with Gasteiger partial charge in [0.25, 0.3) is 0 Å². The molecule has 0 N–H and O–H groups in total. The lowest BCUT2D eigenvalue weighted by Crippen LogP contribution is -2.04. The van der Waals surface area contributed by atoms with E-state index >= 15 is 0 Å². The van der Waals surface area contributed by atoms with E-state index in [-0.39, 0.29) is 17.1 Å². The predicted octanol–water partition coefficient (Wildman–Crippen LogP) is 1.91. The number of Topliss-reactive ketones (excluding diaryl/α,β-unsaturated/α-hetero) is 1. The second-order valence-corrected chi connectivity index (χ2v) is 6.27. The van der Waals surface area contributed by atoms with Gasteiger partial charge in [-0.2, -0.15) is 0 Å².